The molecule has 186 valence electrons. The lowest BCUT2D eigenvalue weighted by Crippen LogP contribution is -2.14. The van der Waals surface area contributed by atoms with Gasteiger partial charge in [-0.2, -0.15) is 0 Å². The molecule has 1 aromatic rings. The minimum atomic E-state index is -0.694. The Morgan fingerprint density at radius 1 is 0.727 bits per heavy atom. The van der Waals surface area contributed by atoms with E-state index in [0.29, 0.717) is 37.3 Å². The van der Waals surface area contributed by atoms with Crippen molar-refractivity contribution in [1.82, 2.24) is 0 Å². The van der Waals surface area contributed by atoms with Crippen molar-refractivity contribution in [2.75, 3.05) is 11.9 Å². The molecule has 0 aliphatic heterocycles. The van der Waals surface area contributed by atoms with E-state index in [1.54, 1.807) is 6.07 Å². The molecule has 0 bridgehead atoms. The van der Waals surface area contributed by atoms with Gasteiger partial charge in [0.1, 0.15) is 5.75 Å². The van der Waals surface area contributed by atoms with Crippen LogP contribution in [0.5, 0.6) is 5.75 Å². The van der Waals surface area contributed by atoms with Gasteiger partial charge in [-0.25, -0.2) is 0 Å². The van der Waals surface area contributed by atoms with Crippen LogP contribution in [-0.2, 0) is 14.4 Å². The topological polar surface area (TPSA) is 119 Å². The Balaban J connectivity index is 2.01. The lowest BCUT2D eigenvalue weighted by Gasteiger charge is -2.12. The van der Waals surface area contributed by atoms with Crippen LogP contribution in [0, 0.1) is 0 Å². The minimum absolute atomic E-state index is 0.00783. The maximum absolute atomic E-state index is 12.3. The van der Waals surface area contributed by atoms with Gasteiger partial charge in [0.2, 0.25) is 11.8 Å². The Labute approximate surface area is 198 Å². The van der Waals surface area contributed by atoms with E-state index >= 15 is 0 Å². The van der Waals surface area contributed by atoms with Gasteiger partial charge in [-0.3, -0.25) is 14.4 Å². The van der Waals surface area contributed by atoms with Crippen LogP contribution in [0.15, 0.2) is 24.3 Å². The predicted molar refractivity (Wildman–Crippen MR) is 131 cm³/mol. The number of amides is 2. The van der Waals surface area contributed by atoms with Crippen molar-refractivity contribution >= 4 is 23.5 Å². The number of hydrogen-bond donors (Lipinski definition) is 3. The number of para-hydroxylation sites is 2. The van der Waals surface area contributed by atoms with E-state index in [0.717, 1.165) is 38.5 Å². The summed E-state index contributed by atoms with van der Waals surface area (Å²) in [7, 11) is 0. The van der Waals surface area contributed by atoms with E-state index in [9.17, 15) is 14.4 Å². The van der Waals surface area contributed by atoms with Crippen molar-refractivity contribution < 1.29 is 24.2 Å². The van der Waals surface area contributed by atoms with Crippen molar-refractivity contribution in [2.24, 2.45) is 5.73 Å². The number of unbranched alkanes of at least 4 members (excludes halogenated alkanes) is 11. The van der Waals surface area contributed by atoms with Crippen molar-refractivity contribution in [1.29, 1.82) is 0 Å². The number of aliphatic carboxylic acids is 1. The molecule has 0 aliphatic rings. The smallest absolute Gasteiger partial charge is 0.303 e. The highest BCUT2D eigenvalue weighted by atomic mass is 16.5. The number of rotatable bonds is 21. The van der Waals surface area contributed by atoms with Gasteiger partial charge in [-0.15, -0.1) is 0 Å². The van der Waals surface area contributed by atoms with E-state index in [1.807, 2.05) is 18.2 Å². The number of primary amides is 1. The summed E-state index contributed by atoms with van der Waals surface area (Å²) in [5, 5.41) is 11.5. The van der Waals surface area contributed by atoms with Gasteiger partial charge in [-0.1, -0.05) is 76.3 Å². The van der Waals surface area contributed by atoms with Crippen molar-refractivity contribution in [3.8, 4) is 5.75 Å². The Bertz CT molecular complexity index is 693. The van der Waals surface area contributed by atoms with E-state index in [1.165, 1.54) is 38.5 Å². The molecule has 1 rings (SSSR count). The lowest BCUT2D eigenvalue weighted by molar-refractivity contribution is -0.137. The van der Waals surface area contributed by atoms with Crippen LogP contribution in [0.2, 0.25) is 0 Å². The molecule has 7 heteroatoms. The number of nitrogens with two attached hydrogens (primary N) is 1. The third kappa shape index (κ3) is 16.7. The first-order chi connectivity index (χ1) is 16.0. The molecular weight excluding hydrogens is 420 g/mol. The molecule has 0 aromatic heterocycles. The third-order valence-corrected chi connectivity index (χ3v) is 5.53. The summed E-state index contributed by atoms with van der Waals surface area (Å²) in [6.45, 7) is 0.378. The van der Waals surface area contributed by atoms with Gasteiger partial charge in [-0.05, 0) is 31.4 Å². The second kappa shape index (κ2) is 18.9. The summed E-state index contributed by atoms with van der Waals surface area (Å²) >= 11 is 0. The van der Waals surface area contributed by atoms with E-state index < -0.39 is 5.97 Å². The first-order valence-corrected chi connectivity index (χ1v) is 12.5. The van der Waals surface area contributed by atoms with Gasteiger partial charge in [0, 0.05) is 19.3 Å². The van der Waals surface area contributed by atoms with Gasteiger partial charge >= 0.3 is 5.97 Å². The Morgan fingerprint density at radius 2 is 1.24 bits per heavy atom. The fourth-order valence-corrected chi connectivity index (χ4v) is 3.67. The molecule has 0 atom stereocenters. The number of carboxylic acid groups (broad SMARTS) is 1. The molecule has 0 saturated heterocycles. The molecule has 0 fully saturated rings. The van der Waals surface area contributed by atoms with Gasteiger partial charge in [0.05, 0.1) is 12.3 Å². The fourth-order valence-electron chi connectivity index (χ4n) is 3.67. The number of carboxylic acids is 1. The second-order valence-electron chi connectivity index (χ2n) is 8.60. The van der Waals surface area contributed by atoms with Crippen molar-refractivity contribution in [3.63, 3.8) is 0 Å². The van der Waals surface area contributed by atoms with Crippen LogP contribution >= 0.6 is 0 Å². The average Bonchev–Trinajstić information content (AvgIpc) is 2.77. The molecule has 2 amide bonds. The van der Waals surface area contributed by atoms with Crippen LogP contribution in [0.25, 0.3) is 0 Å². The molecule has 0 aliphatic carbocycles. The highest BCUT2D eigenvalue weighted by Crippen LogP contribution is 2.24. The Kier molecular flexibility index (Phi) is 16.3. The number of ether oxygens (including phenoxy) is 1. The van der Waals surface area contributed by atoms with E-state index in [2.05, 4.69) is 5.32 Å². The third-order valence-electron chi connectivity index (χ3n) is 5.53. The molecule has 0 saturated carbocycles. The SMILES string of the molecule is NC(=O)CCCOc1ccccc1NC(=O)CCCCCCCCCCCCCCC(=O)O. The molecule has 33 heavy (non-hydrogen) atoms. The fraction of sp³-hybridized carbons (Fsp3) is 0.654. The van der Waals surface area contributed by atoms with Crippen LogP contribution in [0.1, 0.15) is 103 Å². The number of carbonyl (C=O) groups excluding carboxylic acids is 2. The number of anilines is 1. The highest BCUT2D eigenvalue weighted by Gasteiger charge is 2.08. The van der Waals surface area contributed by atoms with Crippen molar-refractivity contribution in [3.05, 3.63) is 24.3 Å². The number of nitrogens with one attached hydrogen (secondary N) is 1. The van der Waals surface area contributed by atoms with E-state index in [-0.39, 0.29) is 18.2 Å². The summed E-state index contributed by atoms with van der Waals surface area (Å²) < 4.78 is 5.68. The largest absolute Gasteiger partial charge is 0.491 e. The summed E-state index contributed by atoms with van der Waals surface area (Å²) in [4.78, 5) is 33.5. The lowest BCUT2D eigenvalue weighted by atomic mass is 10.0. The van der Waals surface area contributed by atoms with Crippen molar-refractivity contribution in [2.45, 2.75) is 103 Å². The zero-order valence-electron chi connectivity index (χ0n) is 20.0. The average molecular weight is 463 g/mol. The molecule has 7 nitrogen and oxygen atoms in total. The van der Waals surface area contributed by atoms with Crippen LogP contribution in [0.4, 0.5) is 5.69 Å². The minimum Gasteiger partial charge on any atom is -0.491 e. The Morgan fingerprint density at radius 3 is 1.79 bits per heavy atom. The Hall–Kier alpha value is -2.57. The first kappa shape index (κ1) is 28.5. The standard InChI is InChI=1S/C26H42N2O5/c27-24(29)18-15-21-33-23-17-14-13-16-22(23)28-25(30)19-11-9-7-5-3-1-2-4-6-8-10-12-20-26(31)32/h13-14,16-17H,1-12,15,18-21H2,(H2,27,29)(H,28,30)(H,31,32). The summed E-state index contributed by atoms with van der Waals surface area (Å²) in [5.41, 5.74) is 5.79. The molecule has 1 aromatic carbocycles. The number of hydrogen-bond acceptors (Lipinski definition) is 4. The van der Waals surface area contributed by atoms with Crippen LogP contribution in [-0.4, -0.2) is 29.5 Å². The van der Waals surface area contributed by atoms with Gasteiger partial charge < -0.3 is 20.9 Å². The monoisotopic (exact) mass is 462 g/mol. The normalized spacial score (nSPS) is 10.7. The van der Waals surface area contributed by atoms with Crippen LogP contribution in [0.3, 0.4) is 0 Å². The predicted octanol–water partition coefficient (Wildman–Crippen LogP) is 5.82. The first-order valence-electron chi connectivity index (χ1n) is 12.5. The quantitative estimate of drug-likeness (QED) is 0.199. The summed E-state index contributed by atoms with van der Waals surface area (Å²) in [6.07, 6.45) is 15.1. The maximum atomic E-state index is 12.3. The zero-order valence-corrected chi connectivity index (χ0v) is 20.0. The van der Waals surface area contributed by atoms with Gasteiger partial charge in [0.15, 0.2) is 0 Å². The molecular formula is C26H42N2O5. The van der Waals surface area contributed by atoms with Crippen LogP contribution < -0.4 is 15.8 Å². The second-order valence-corrected chi connectivity index (χ2v) is 8.60. The van der Waals surface area contributed by atoms with E-state index in [4.69, 9.17) is 15.6 Å². The summed E-state index contributed by atoms with van der Waals surface area (Å²) in [6, 6.07) is 7.32. The number of benzene rings is 1. The molecule has 0 unspecified atom stereocenters. The summed E-state index contributed by atoms with van der Waals surface area (Å²) in [5.74, 6) is -0.440. The number of carbonyl (C=O) groups is 3. The maximum Gasteiger partial charge on any atom is 0.303 e. The van der Waals surface area contributed by atoms with Gasteiger partial charge in [0.25, 0.3) is 0 Å². The highest BCUT2D eigenvalue weighted by molar-refractivity contribution is 5.92. The molecule has 0 radical (unpaired) electrons. The molecule has 0 spiro atoms. The zero-order chi connectivity index (χ0) is 24.2. The molecule has 0 heterocycles. The molecule has 4 N–H and O–H groups in total.